The van der Waals surface area contributed by atoms with Crippen LogP contribution in [0.2, 0.25) is 0 Å². The van der Waals surface area contributed by atoms with Crippen LogP contribution in [-0.2, 0) is 10.8 Å². The van der Waals surface area contributed by atoms with E-state index in [0.717, 1.165) is 227 Å². The van der Waals surface area contributed by atoms with Crippen LogP contribution in [0.5, 0.6) is 0 Å². The molecule has 0 fully saturated rings. The second-order valence-electron chi connectivity index (χ2n) is 39.3. The van der Waals surface area contributed by atoms with Crippen LogP contribution in [0.1, 0.15) is 44.5 Å². The number of rotatable bonds is 13. The van der Waals surface area contributed by atoms with Gasteiger partial charge in [0.15, 0.2) is 0 Å². The highest BCUT2D eigenvalue weighted by Crippen LogP contribution is 2.71. The van der Waals surface area contributed by atoms with E-state index in [2.05, 4.69) is 517 Å². The van der Waals surface area contributed by atoms with Crippen LogP contribution in [0.3, 0.4) is 0 Å². The summed E-state index contributed by atoms with van der Waals surface area (Å²) in [4.78, 5) is 10.0. The fourth-order valence-electron chi connectivity index (χ4n) is 26.4. The van der Waals surface area contributed by atoms with E-state index < -0.39 is 10.8 Å². The molecule has 0 bridgehead atoms. The fraction of sp³-hybridized carbons (Fsp3) is 0.0145. The predicted molar refractivity (Wildman–Crippen MR) is 602 cm³/mol. The molecule has 0 N–H and O–H groups in total. The highest BCUT2D eigenvalue weighted by molar-refractivity contribution is 6.34. The third kappa shape index (κ3) is 11.0. The fourth-order valence-corrected chi connectivity index (χ4v) is 26.4. The van der Waals surface area contributed by atoms with Crippen molar-refractivity contribution in [2.24, 2.45) is 0 Å². The first-order chi connectivity index (χ1) is 72.5. The molecule has 2 spiro atoms. The van der Waals surface area contributed by atoms with Crippen molar-refractivity contribution >= 4 is 199 Å². The summed E-state index contributed by atoms with van der Waals surface area (Å²) in [5.74, 6) is 0. The summed E-state index contributed by atoms with van der Waals surface area (Å²) in [6, 6.07) is 185. The van der Waals surface area contributed by atoms with Crippen LogP contribution in [0.4, 0.5) is 68.2 Å². The van der Waals surface area contributed by atoms with Crippen molar-refractivity contribution in [1.82, 2.24) is 0 Å². The van der Waals surface area contributed by atoms with Gasteiger partial charge in [-0.25, -0.2) is 0 Å². The lowest BCUT2D eigenvalue weighted by atomic mass is 9.70. The number of fused-ring (bicyclic) bond motifs is 43. The zero-order valence-corrected chi connectivity index (χ0v) is 78.8. The number of nitrogens with zero attached hydrogens (tertiary/aromatic N) is 4. The van der Waals surface area contributed by atoms with Gasteiger partial charge >= 0.3 is 0 Å². The summed E-state index contributed by atoms with van der Waals surface area (Å²) in [5.41, 5.74) is 37.9. The summed E-state index contributed by atoms with van der Waals surface area (Å²) in [5, 5.41) is 17.0. The highest BCUT2D eigenvalue weighted by atomic mass is 16.3. The first-order valence-electron chi connectivity index (χ1n) is 50.2. The maximum Gasteiger partial charge on any atom is 0.143 e. The van der Waals surface area contributed by atoms with Crippen molar-refractivity contribution in [3.05, 3.63) is 542 Å². The van der Waals surface area contributed by atoms with Crippen LogP contribution in [0, 0.1) is 0 Å². The van der Waals surface area contributed by atoms with Crippen molar-refractivity contribution < 1.29 is 17.7 Å². The van der Waals surface area contributed by atoms with E-state index in [9.17, 15) is 0 Å². The van der Waals surface area contributed by atoms with E-state index in [-0.39, 0.29) is 0 Å². The summed E-state index contributed by atoms with van der Waals surface area (Å²) >= 11 is 0. The molecule has 146 heavy (non-hydrogen) atoms. The lowest BCUT2D eigenvalue weighted by Gasteiger charge is -2.34. The van der Waals surface area contributed by atoms with Gasteiger partial charge in [-0.1, -0.05) is 309 Å². The van der Waals surface area contributed by atoms with Crippen LogP contribution in [0.15, 0.2) is 515 Å². The van der Waals surface area contributed by atoms with E-state index in [1.165, 1.54) is 72.3 Å². The lowest BCUT2D eigenvalue weighted by molar-refractivity contribution is 0.669. The molecule has 24 aromatic carbocycles. The van der Waals surface area contributed by atoms with E-state index >= 15 is 0 Å². The Bertz CT molecular complexity index is 10300. The minimum absolute atomic E-state index is 0.796. The summed E-state index contributed by atoms with van der Waals surface area (Å²) in [7, 11) is 0. The normalized spacial score (nSPS) is 13.2. The predicted octanol–water partition coefficient (Wildman–Crippen LogP) is 38.1. The standard InChI is InChI=1S/C138H82N4O4/c1-7-39-85(40-8-1)139(86-41-9-2-10-42-86)116-80-115-135(134-100(116)70-69-99-97-57-23-32-66-121(97)146-136(99)134)128-104-72-74-125-133(102-60-26-34-68-123(102)144-125)131(104)119(82-114(128)138(115)110-63-29-21-55-95(110)96-56-22-30-64-111(96)138)142(90-49-17-6-18-50-90)92-52-36-38-84(76-92)83-37-35-51-91(75-83)141(89-47-15-5-16-48-89)117-79-112-129(107-78-126-106(77-105(107)117)98-58-24-31-65-120(98)145-126)127-103-71-73-124-132(101-59-25-33-67-122(101)143-124)130(103)118(140(87-43-11-3-12-44-87)88-45-13-4-14-46-88)81-113(127)137(112)108-61-27-19-53-93(108)94-54-20-28-62-109(94)137/h1-82H. The molecule has 8 nitrogen and oxygen atoms in total. The second-order valence-corrected chi connectivity index (χ2v) is 39.3. The maximum absolute atomic E-state index is 7.58. The van der Waals surface area contributed by atoms with E-state index in [1.807, 2.05) is 0 Å². The third-order valence-electron chi connectivity index (χ3n) is 32.1. The van der Waals surface area contributed by atoms with Crippen molar-refractivity contribution in [2.75, 3.05) is 19.6 Å². The Labute approximate surface area is 838 Å². The summed E-state index contributed by atoms with van der Waals surface area (Å²) < 4.78 is 29.1. The van der Waals surface area contributed by atoms with Gasteiger partial charge in [-0.2, -0.15) is 0 Å². The monoisotopic (exact) mass is 1860 g/mol. The van der Waals surface area contributed by atoms with E-state index in [1.54, 1.807) is 0 Å². The SMILES string of the molecule is c1ccc(N(c2cccc(-c3cccc(N(c4ccccc4)c4cc5c(c6ccc7oc8ccccc8c7c46)-c4c(cc(N(c6ccccc6)c6ccccc6)c6ccc7c8ccccc8oc7c46)C54c5ccccc5-c5ccccc54)c3)c2)c2cc3c(c4cc5oc6ccccc6c5cc24)-c2c(cc(N(c4ccccc4)c4ccccc4)c4c2ccc2oc5ccccc5c24)C32c3ccccc3-c3ccccc32)cc1. The molecule has 4 heterocycles. The van der Waals surface area contributed by atoms with Gasteiger partial charge in [0.25, 0.3) is 0 Å². The van der Waals surface area contributed by atoms with Crippen molar-refractivity contribution in [2.45, 2.75) is 10.8 Å². The van der Waals surface area contributed by atoms with Gasteiger partial charge in [-0.15, -0.1) is 0 Å². The Morgan fingerprint density at radius 1 is 0.144 bits per heavy atom. The van der Waals surface area contributed by atoms with Gasteiger partial charge in [0.05, 0.1) is 33.6 Å². The molecular formula is C138H82N4O4. The van der Waals surface area contributed by atoms with Crippen LogP contribution in [-0.4, -0.2) is 0 Å². The van der Waals surface area contributed by atoms with Gasteiger partial charge in [-0.05, 0) is 304 Å². The Morgan fingerprint density at radius 3 is 0.884 bits per heavy atom. The van der Waals surface area contributed by atoms with Gasteiger partial charge in [-0.3, -0.25) is 0 Å². The average molecular weight is 1860 g/mol. The Morgan fingerprint density at radius 2 is 0.445 bits per heavy atom. The number of anilines is 12. The summed E-state index contributed by atoms with van der Waals surface area (Å²) in [6.45, 7) is 0. The van der Waals surface area contributed by atoms with Gasteiger partial charge < -0.3 is 37.3 Å². The summed E-state index contributed by atoms with van der Waals surface area (Å²) in [6.07, 6.45) is 0. The molecular weight excluding hydrogens is 1780 g/mol. The highest BCUT2D eigenvalue weighted by Gasteiger charge is 2.57. The number of hydrogen-bond donors (Lipinski definition) is 0. The molecule has 28 aromatic rings. The molecule has 0 aliphatic heterocycles. The van der Waals surface area contributed by atoms with Gasteiger partial charge in [0.2, 0.25) is 0 Å². The van der Waals surface area contributed by atoms with Crippen molar-refractivity contribution in [3.63, 3.8) is 0 Å². The van der Waals surface area contributed by atoms with E-state index in [0.29, 0.717) is 0 Å². The molecule has 678 valence electrons. The quantitative estimate of drug-likeness (QED) is 0.113. The van der Waals surface area contributed by atoms with Crippen LogP contribution >= 0.6 is 0 Å². The molecule has 0 atom stereocenters. The molecule has 8 heteroatoms. The minimum atomic E-state index is -0.937. The number of benzene rings is 24. The van der Waals surface area contributed by atoms with Crippen molar-refractivity contribution in [1.29, 1.82) is 0 Å². The second kappa shape index (κ2) is 30.6. The molecule has 0 radical (unpaired) electrons. The smallest absolute Gasteiger partial charge is 0.143 e. The van der Waals surface area contributed by atoms with Crippen LogP contribution < -0.4 is 19.6 Å². The molecule has 0 unspecified atom stereocenters. The Kier molecular flexibility index (Phi) is 16.9. The number of furan rings is 4. The Hall–Kier alpha value is -19.3. The van der Waals surface area contributed by atoms with Crippen molar-refractivity contribution in [3.8, 4) is 55.6 Å². The zero-order chi connectivity index (χ0) is 95.3. The number of hydrogen-bond acceptors (Lipinski definition) is 8. The topological polar surface area (TPSA) is 65.5 Å². The van der Waals surface area contributed by atoms with Crippen LogP contribution in [0.25, 0.3) is 186 Å². The number of para-hydroxylation sites is 10. The largest absolute Gasteiger partial charge is 0.456 e. The van der Waals surface area contributed by atoms with Gasteiger partial charge in [0.1, 0.15) is 44.7 Å². The third-order valence-corrected chi connectivity index (χ3v) is 32.1. The molecule has 0 saturated carbocycles. The minimum Gasteiger partial charge on any atom is -0.456 e. The average Bonchev–Trinajstić information content (AvgIpc) is 1.49. The van der Waals surface area contributed by atoms with Gasteiger partial charge in [0, 0.05) is 116 Å². The molecule has 4 aliphatic carbocycles. The first kappa shape index (κ1) is 80.5. The molecule has 4 aliphatic rings. The molecule has 0 amide bonds. The maximum atomic E-state index is 7.58. The first-order valence-corrected chi connectivity index (χ1v) is 50.2. The molecule has 4 aromatic heterocycles. The Balaban J connectivity index is 0.654. The lowest BCUT2D eigenvalue weighted by Crippen LogP contribution is -2.26. The zero-order valence-electron chi connectivity index (χ0n) is 78.8. The molecule has 32 rings (SSSR count). The molecule has 0 saturated heterocycles. The van der Waals surface area contributed by atoms with E-state index in [4.69, 9.17) is 17.7 Å².